The second-order valence-corrected chi connectivity index (χ2v) is 6.17. The molecule has 3 aromatic carbocycles. The molecule has 0 aromatic heterocycles. The van der Waals surface area contributed by atoms with Crippen LogP contribution < -0.4 is 5.73 Å². The van der Waals surface area contributed by atoms with Crippen LogP contribution in [0, 0.1) is 0 Å². The molecule has 0 saturated carbocycles. The van der Waals surface area contributed by atoms with Crippen molar-refractivity contribution in [2.24, 2.45) is 0 Å². The predicted octanol–water partition coefficient (Wildman–Crippen LogP) is 5.08. The Labute approximate surface area is 135 Å². The van der Waals surface area contributed by atoms with Gasteiger partial charge in [-0.2, -0.15) is 0 Å². The van der Waals surface area contributed by atoms with E-state index in [1.165, 1.54) is 22.3 Å². The van der Waals surface area contributed by atoms with Gasteiger partial charge in [-0.25, -0.2) is 0 Å². The van der Waals surface area contributed by atoms with Gasteiger partial charge in [0.2, 0.25) is 0 Å². The van der Waals surface area contributed by atoms with Crippen molar-refractivity contribution in [3.63, 3.8) is 0 Å². The maximum absolute atomic E-state index is 6.47. The fourth-order valence-corrected chi connectivity index (χ4v) is 3.49. The quantitative estimate of drug-likeness (QED) is 0.513. The van der Waals surface area contributed by atoms with Crippen molar-refractivity contribution in [3.8, 4) is 11.1 Å². The molecule has 0 amide bonds. The van der Waals surface area contributed by atoms with Crippen LogP contribution in [0.3, 0.4) is 0 Å². The topological polar surface area (TPSA) is 26.0 Å². The van der Waals surface area contributed by atoms with Crippen molar-refractivity contribution in [1.29, 1.82) is 0 Å². The molecule has 0 saturated heterocycles. The van der Waals surface area contributed by atoms with Crippen LogP contribution >= 0.6 is 11.6 Å². The van der Waals surface area contributed by atoms with Gasteiger partial charge >= 0.3 is 0 Å². The maximum atomic E-state index is 6.47. The lowest BCUT2D eigenvalue weighted by Gasteiger charge is -2.12. The van der Waals surface area contributed by atoms with Crippen molar-refractivity contribution in [2.45, 2.75) is 12.8 Å². The van der Waals surface area contributed by atoms with Crippen LogP contribution in [0.1, 0.15) is 22.3 Å². The molecular weight excluding hydrogens is 290 g/mol. The smallest absolute Gasteiger partial charge is 0.0441 e. The zero-order valence-electron chi connectivity index (χ0n) is 12.1. The third-order valence-electron chi connectivity index (χ3n) is 4.46. The van der Waals surface area contributed by atoms with Gasteiger partial charge in [0.05, 0.1) is 0 Å². The van der Waals surface area contributed by atoms with Crippen LogP contribution in [0.2, 0.25) is 5.02 Å². The zero-order valence-corrected chi connectivity index (χ0v) is 12.9. The van der Waals surface area contributed by atoms with Crippen LogP contribution in [0.5, 0.6) is 0 Å². The Bertz CT molecular complexity index is 867. The van der Waals surface area contributed by atoms with E-state index in [1.54, 1.807) is 0 Å². The first kappa shape index (κ1) is 13.4. The van der Waals surface area contributed by atoms with Gasteiger partial charge in [-0.1, -0.05) is 66.2 Å². The van der Waals surface area contributed by atoms with Gasteiger partial charge in [-0.15, -0.1) is 0 Å². The van der Waals surface area contributed by atoms with Crippen molar-refractivity contribution in [2.75, 3.05) is 5.73 Å². The first-order chi connectivity index (χ1) is 10.7. The second kappa shape index (κ2) is 5.19. The summed E-state index contributed by atoms with van der Waals surface area (Å²) in [6, 6.07) is 20.8. The Morgan fingerprint density at radius 3 is 2.45 bits per heavy atom. The number of nitrogen functional groups attached to an aromatic ring is 1. The van der Waals surface area contributed by atoms with Gasteiger partial charge < -0.3 is 5.73 Å². The Morgan fingerprint density at radius 2 is 1.59 bits per heavy atom. The fraction of sp³-hybridized carbons (Fsp3) is 0.100. The molecule has 0 bridgehead atoms. The van der Waals surface area contributed by atoms with Crippen LogP contribution in [0.25, 0.3) is 11.1 Å². The molecule has 1 nitrogen and oxygen atoms in total. The molecule has 0 fully saturated rings. The molecule has 0 heterocycles. The summed E-state index contributed by atoms with van der Waals surface area (Å²) in [6.07, 6.45) is 1.70. The van der Waals surface area contributed by atoms with Gasteiger partial charge in [-0.05, 0) is 39.4 Å². The summed E-state index contributed by atoms with van der Waals surface area (Å²) in [4.78, 5) is 0. The Hall–Kier alpha value is -2.25. The minimum atomic E-state index is 0.773. The molecular formula is C20H16ClN. The molecule has 2 N–H and O–H groups in total. The first-order valence-electron chi connectivity index (χ1n) is 7.46. The SMILES string of the molecule is Nc1c(Cc2ccccc2Cl)ccc2c1Cc1ccccc1-2. The summed E-state index contributed by atoms with van der Waals surface area (Å²) in [5, 5.41) is 0.797. The Balaban J connectivity index is 1.76. The van der Waals surface area contributed by atoms with Crippen LogP contribution in [0.15, 0.2) is 60.7 Å². The first-order valence-corrected chi connectivity index (χ1v) is 7.84. The lowest BCUT2D eigenvalue weighted by Crippen LogP contribution is -2.00. The highest BCUT2D eigenvalue weighted by atomic mass is 35.5. The van der Waals surface area contributed by atoms with E-state index >= 15 is 0 Å². The van der Waals surface area contributed by atoms with Crippen molar-refractivity contribution in [3.05, 3.63) is 87.9 Å². The van der Waals surface area contributed by atoms with Crippen molar-refractivity contribution in [1.82, 2.24) is 0 Å². The molecule has 0 spiro atoms. The van der Waals surface area contributed by atoms with E-state index in [4.69, 9.17) is 17.3 Å². The summed E-state index contributed by atoms with van der Waals surface area (Å²) in [7, 11) is 0. The van der Waals surface area contributed by atoms with E-state index in [1.807, 2.05) is 18.2 Å². The number of rotatable bonds is 2. The van der Waals surface area contributed by atoms with E-state index in [9.17, 15) is 0 Å². The third kappa shape index (κ3) is 2.10. The van der Waals surface area contributed by atoms with E-state index in [0.717, 1.165) is 34.7 Å². The van der Waals surface area contributed by atoms with Crippen molar-refractivity contribution >= 4 is 17.3 Å². The molecule has 108 valence electrons. The lowest BCUT2D eigenvalue weighted by atomic mass is 9.97. The molecule has 0 unspecified atom stereocenters. The third-order valence-corrected chi connectivity index (χ3v) is 4.83. The van der Waals surface area contributed by atoms with E-state index < -0.39 is 0 Å². The largest absolute Gasteiger partial charge is 0.398 e. The van der Waals surface area contributed by atoms with Gasteiger partial charge in [-0.3, -0.25) is 0 Å². The van der Waals surface area contributed by atoms with Gasteiger partial charge in [0, 0.05) is 23.6 Å². The highest BCUT2D eigenvalue weighted by molar-refractivity contribution is 6.31. The van der Waals surface area contributed by atoms with Gasteiger partial charge in [0.25, 0.3) is 0 Å². The number of fused-ring (bicyclic) bond motifs is 3. The van der Waals surface area contributed by atoms with Crippen LogP contribution in [-0.2, 0) is 12.8 Å². The van der Waals surface area contributed by atoms with E-state index in [0.29, 0.717) is 0 Å². The lowest BCUT2D eigenvalue weighted by molar-refractivity contribution is 1.17. The molecule has 0 atom stereocenters. The summed E-state index contributed by atoms with van der Waals surface area (Å²) >= 11 is 6.28. The maximum Gasteiger partial charge on any atom is 0.0441 e. The molecule has 1 aliphatic rings. The van der Waals surface area contributed by atoms with E-state index in [2.05, 4.69) is 42.5 Å². The number of benzene rings is 3. The average molecular weight is 306 g/mol. The normalized spacial score (nSPS) is 12.0. The molecule has 4 rings (SSSR count). The van der Waals surface area contributed by atoms with Crippen LogP contribution in [0.4, 0.5) is 5.69 Å². The minimum Gasteiger partial charge on any atom is -0.398 e. The Morgan fingerprint density at radius 1 is 0.818 bits per heavy atom. The van der Waals surface area contributed by atoms with Crippen LogP contribution in [-0.4, -0.2) is 0 Å². The molecule has 3 aromatic rings. The van der Waals surface area contributed by atoms with Crippen molar-refractivity contribution < 1.29 is 0 Å². The minimum absolute atomic E-state index is 0.773. The number of hydrogen-bond donors (Lipinski definition) is 1. The summed E-state index contributed by atoms with van der Waals surface area (Å²) < 4.78 is 0. The standard InChI is InChI=1S/C20H16ClN/c21-19-8-4-2-6-14(19)11-15-9-10-17-16-7-3-1-5-13(16)12-18(17)20(15)22/h1-10H,11-12,22H2. The monoisotopic (exact) mass is 305 g/mol. The number of hydrogen-bond acceptors (Lipinski definition) is 1. The number of halogens is 1. The summed E-state index contributed by atoms with van der Waals surface area (Å²) in [5.74, 6) is 0. The predicted molar refractivity (Wildman–Crippen MR) is 93.4 cm³/mol. The van der Waals surface area contributed by atoms with Gasteiger partial charge in [0.1, 0.15) is 0 Å². The average Bonchev–Trinajstić information content (AvgIpc) is 2.92. The second-order valence-electron chi connectivity index (χ2n) is 5.77. The molecule has 1 aliphatic carbocycles. The molecule has 0 aliphatic heterocycles. The summed E-state index contributed by atoms with van der Waals surface area (Å²) in [5.41, 5.74) is 14.9. The molecule has 22 heavy (non-hydrogen) atoms. The fourth-order valence-electron chi connectivity index (χ4n) is 3.28. The highest BCUT2D eigenvalue weighted by Crippen LogP contribution is 2.41. The highest BCUT2D eigenvalue weighted by Gasteiger charge is 2.21. The Kier molecular flexibility index (Phi) is 3.16. The number of anilines is 1. The zero-order chi connectivity index (χ0) is 15.1. The van der Waals surface area contributed by atoms with Gasteiger partial charge in [0.15, 0.2) is 0 Å². The number of nitrogens with two attached hydrogens (primary N) is 1. The van der Waals surface area contributed by atoms with E-state index in [-0.39, 0.29) is 0 Å². The molecule has 0 radical (unpaired) electrons. The summed E-state index contributed by atoms with van der Waals surface area (Å²) in [6.45, 7) is 0. The molecule has 2 heteroatoms.